The highest BCUT2D eigenvalue weighted by molar-refractivity contribution is 5.47. The van der Waals surface area contributed by atoms with Gasteiger partial charge < -0.3 is 15.2 Å². The Morgan fingerprint density at radius 3 is 2.84 bits per heavy atom. The van der Waals surface area contributed by atoms with Crippen LogP contribution < -0.4 is 15.2 Å². The smallest absolute Gasteiger partial charge is 0.192 e. The second-order valence-corrected chi connectivity index (χ2v) is 4.00. The van der Waals surface area contributed by atoms with Crippen molar-refractivity contribution in [1.82, 2.24) is 9.97 Å². The summed E-state index contributed by atoms with van der Waals surface area (Å²) < 4.78 is 11.3. The Hall–Kier alpha value is -2.81. The maximum atomic E-state index is 8.78. The molecule has 1 aliphatic heterocycles. The van der Waals surface area contributed by atoms with Crippen LogP contribution in [0.2, 0.25) is 0 Å². The van der Waals surface area contributed by atoms with Crippen LogP contribution >= 0.6 is 0 Å². The normalized spacial score (nSPS) is 16.7. The number of ether oxygens (including phenoxy) is 2. The molecule has 1 aliphatic rings. The lowest BCUT2D eigenvalue weighted by atomic mass is 10.2. The standard InChI is InChI=1S/C13H10N4O2/c14-5-8-6-16-13(17-12(8)15)11-7-18-9-3-1-2-4-10(9)19-11/h1-4,6,11H,7H2,(H2,15,16,17)/t11-/m0/s1. The molecule has 1 atom stereocenters. The molecule has 0 fully saturated rings. The fourth-order valence-electron chi connectivity index (χ4n) is 1.80. The van der Waals surface area contributed by atoms with Gasteiger partial charge in [0.15, 0.2) is 23.4 Å². The van der Waals surface area contributed by atoms with Gasteiger partial charge in [-0.25, -0.2) is 9.97 Å². The van der Waals surface area contributed by atoms with Gasteiger partial charge in [0, 0.05) is 0 Å². The van der Waals surface area contributed by atoms with Crippen LogP contribution in [0.5, 0.6) is 11.5 Å². The minimum absolute atomic E-state index is 0.148. The van der Waals surface area contributed by atoms with E-state index in [0.29, 0.717) is 23.9 Å². The molecule has 0 aliphatic carbocycles. The summed E-state index contributed by atoms with van der Waals surface area (Å²) in [5.41, 5.74) is 5.91. The van der Waals surface area contributed by atoms with Crippen LogP contribution in [0, 0.1) is 11.3 Å². The fourth-order valence-corrected chi connectivity index (χ4v) is 1.80. The molecule has 6 heteroatoms. The van der Waals surface area contributed by atoms with Gasteiger partial charge in [-0.05, 0) is 12.1 Å². The van der Waals surface area contributed by atoms with E-state index in [2.05, 4.69) is 9.97 Å². The Bertz CT molecular complexity index is 666. The zero-order valence-electron chi connectivity index (χ0n) is 9.91. The number of fused-ring (bicyclic) bond motifs is 1. The molecule has 94 valence electrons. The van der Waals surface area contributed by atoms with E-state index in [1.807, 2.05) is 30.3 Å². The topological polar surface area (TPSA) is 94.0 Å². The number of nitrogens with two attached hydrogens (primary N) is 1. The van der Waals surface area contributed by atoms with Gasteiger partial charge in [0.05, 0.1) is 6.20 Å². The largest absolute Gasteiger partial charge is 0.485 e. The third kappa shape index (κ3) is 2.02. The Balaban J connectivity index is 1.89. The van der Waals surface area contributed by atoms with Crippen molar-refractivity contribution in [3.8, 4) is 17.6 Å². The molecule has 0 spiro atoms. The molecule has 2 N–H and O–H groups in total. The van der Waals surface area contributed by atoms with Crippen molar-refractivity contribution >= 4 is 5.82 Å². The van der Waals surface area contributed by atoms with Gasteiger partial charge in [0.25, 0.3) is 0 Å². The summed E-state index contributed by atoms with van der Waals surface area (Å²) >= 11 is 0. The van der Waals surface area contributed by atoms with Crippen molar-refractivity contribution in [2.45, 2.75) is 6.10 Å². The molecule has 0 unspecified atom stereocenters. The first-order valence-corrected chi connectivity index (χ1v) is 5.69. The lowest BCUT2D eigenvalue weighted by molar-refractivity contribution is 0.0851. The van der Waals surface area contributed by atoms with E-state index in [4.69, 9.17) is 20.5 Å². The summed E-state index contributed by atoms with van der Waals surface area (Å²) in [6, 6.07) is 9.30. The van der Waals surface area contributed by atoms with Gasteiger partial charge in [-0.3, -0.25) is 0 Å². The van der Waals surface area contributed by atoms with Gasteiger partial charge in [0.2, 0.25) is 0 Å². The molecule has 2 aromatic rings. The monoisotopic (exact) mass is 254 g/mol. The van der Waals surface area contributed by atoms with Crippen LogP contribution in [0.4, 0.5) is 5.82 Å². The van der Waals surface area contributed by atoms with E-state index in [0.717, 1.165) is 0 Å². The SMILES string of the molecule is N#Cc1cnc([C@@H]2COc3ccccc3O2)nc1N. The van der Waals surface area contributed by atoms with Gasteiger partial charge >= 0.3 is 0 Å². The number of benzene rings is 1. The summed E-state index contributed by atoms with van der Waals surface area (Å²) in [5, 5.41) is 8.78. The molecule has 1 aromatic heterocycles. The highest BCUT2D eigenvalue weighted by Gasteiger charge is 2.25. The van der Waals surface area contributed by atoms with Crippen LogP contribution in [0.15, 0.2) is 30.5 Å². The molecule has 0 saturated carbocycles. The first-order valence-electron chi connectivity index (χ1n) is 5.69. The minimum atomic E-state index is -0.426. The molecule has 0 radical (unpaired) electrons. The van der Waals surface area contributed by atoms with Gasteiger partial charge in [0.1, 0.15) is 24.1 Å². The molecule has 0 bridgehead atoms. The zero-order chi connectivity index (χ0) is 13.2. The Morgan fingerprint density at radius 2 is 2.11 bits per heavy atom. The average molecular weight is 254 g/mol. The van der Waals surface area contributed by atoms with Crippen molar-refractivity contribution in [2.75, 3.05) is 12.3 Å². The van der Waals surface area contributed by atoms with Crippen molar-refractivity contribution < 1.29 is 9.47 Å². The van der Waals surface area contributed by atoms with Crippen molar-refractivity contribution in [3.05, 3.63) is 41.9 Å². The molecule has 6 nitrogen and oxygen atoms in total. The predicted octanol–water partition coefficient (Wildman–Crippen LogP) is 1.44. The molecule has 3 rings (SSSR count). The van der Waals surface area contributed by atoms with E-state index in [-0.39, 0.29) is 11.4 Å². The quantitative estimate of drug-likeness (QED) is 0.827. The number of hydrogen-bond acceptors (Lipinski definition) is 6. The lowest BCUT2D eigenvalue weighted by Crippen LogP contribution is -2.24. The zero-order valence-corrected chi connectivity index (χ0v) is 9.91. The molecule has 1 aromatic carbocycles. The van der Waals surface area contributed by atoms with Crippen LogP contribution in [-0.4, -0.2) is 16.6 Å². The Labute approximate surface area is 109 Å². The van der Waals surface area contributed by atoms with Crippen LogP contribution in [0.25, 0.3) is 0 Å². The molecule has 2 heterocycles. The number of hydrogen-bond donors (Lipinski definition) is 1. The third-order valence-electron chi connectivity index (χ3n) is 2.75. The van der Waals surface area contributed by atoms with Crippen molar-refractivity contribution in [1.29, 1.82) is 5.26 Å². The van der Waals surface area contributed by atoms with E-state index < -0.39 is 6.10 Å². The van der Waals surface area contributed by atoms with Gasteiger partial charge in [-0.1, -0.05) is 12.1 Å². The first-order chi connectivity index (χ1) is 9.28. The molecular formula is C13H10N4O2. The summed E-state index contributed by atoms with van der Waals surface area (Å²) in [4.78, 5) is 8.17. The van der Waals surface area contributed by atoms with Crippen LogP contribution in [0.1, 0.15) is 17.5 Å². The molecule has 0 amide bonds. The summed E-state index contributed by atoms with van der Waals surface area (Å²) in [6.45, 7) is 0.308. The van der Waals surface area contributed by atoms with E-state index in [1.54, 1.807) is 0 Å². The summed E-state index contributed by atoms with van der Waals surface area (Å²) in [6.07, 6.45) is 0.964. The number of aromatic nitrogens is 2. The summed E-state index contributed by atoms with van der Waals surface area (Å²) in [7, 11) is 0. The molecule has 0 saturated heterocycles. The van der Waals surface area contributed by atoms with Crippen LogP contribution in [-0.2, 0) is 0 Å². The minimum Gasteiger partial charge on any atom is -0.485 e. The maximum Gasteiger partial charge on any atom is 0.192 e. The number of para-hydroxylation sites is 2. The maximum absolute atomic E-state index is 8.78. The number of nitrogen functional groups attached to an aromatic ring is 1. The average Bonchev–Trinajstić information content (AvgIpc) is 2.46. The van der Waals surface area contributed by atoms with Gasteiger partial charge in [-0.15, -0.1) is 0 Å². The highest BCUT2D eigenvalue weighted by atomic mass is 16.6. The Morgan fingerprint density at radius 1 is 1.32 bits per heavy atom. The Kier molecular flexibility index (Phi) is 2.65. The lowest BCUT2D eigenvalue weighted by Gasteiger charge is -2.25. The second-order valence-electron chi connectivity index (χ2n) is 4.00. The second kappa shape index (κ2) is 4.46. The van der Waals surface area contributed by atoms with E-state index in [9.17, 15) is 0 Å². The molecular weight excluding hydrogens is 244 g/mol. The molecule has 19 heavy (non-hydrogen) atoms. The van der Waals surface area contributed by atoms with Gasteiger partial charge in [-0.2, -0.15) is 5.26 Å². The van der Waals surface area contributed by atoms with E-state index >= 15 is 0 Å². The predicted molar refractivity (Wildman–Crippen MR) is 66.5 cm³/mol. The summed E-state index contributed by atoms with van der Waals surface area (Å²) in [5.74, 6) is 1.90. The first kappa shape index (κ1) is 11.3. The highest BCUT2D eigenvalue weighted by Crippen LogP contribution is 2.35. The number of nitriles is 1. The van der Waals surface area contributed by atoms with E-state index in [1.165, 1.54) is 6.20 Å². The third-order valence-corrected chi connectivity index (χ3v) is 2.75. The van der Waals surface area contributed by atoms with Crippen molar-refractivity contribution in [2.24, 2.45) is 0 Å². The number of anilines is 1. The van der Waals surface area contributed by atoms with Crippen LogP contribution in [0.3, 0.4) is 0 Å². The number of nitrogens with zero attached hydrogens (tertiary/aromatic N) is 3. The van der Waals surface area contributed by atoms with Crippen molar-refractivity contribution in [3.63, 3.8) is 0 Å². The number of rotatable bonds is 1. The fraction of sp³-hybridized carbons (Fsp3) is 0.154.